The van der Waals surface area contributed by atoms with Gasteiger partial charge in [-0.15, -0.1) is 0 Å². The van der Waals surface area contributed by atoms with E-state index in [2.05, 4.69) is 29.6 Å². The zero-order valence-electron chi connectivity index (χ0n) is 19.7. The minimum Gasteiger partial charge on any atom is -0.481 e. The van der Waals surface area contributed by atoms with Crippen LogP contribution in [0.25, 0.3) is 11.1 Å². The summed E-state index contributed by atoms with van der Waals surface area (Å²) < 4.78 is 5.59. The maximum atomic E-state index is 13.1. The van der Waals surface area contributed by atoms with Crippen molar-refractivity contribution in [3.63, 3.8) is 0 Å². The molecule has 4 rings (SSSR count). The molecule has 2 aromatic carbocycles. The number of alkyl carbamates (subject to hydrolysis) is 1. The monoisotopic (exact) mass is 464 g/mol. The number of ether oxygens (including phenoxy) is 1. The van der Waals surface area contributed by atoms with Crippen LogP contribution in [0.1, 0.15) is 43.7 Å². The van der Waals surface area contributed by atoms with Crippen LogP contribution >= 0.6 is 0 Å². The van der Waals surface area contributed by atoms with Gasteiger partial charge in [0.25, 0.3) is 0 Å². The number of rotatable bonds is 7. The SMILES string of the molecule is CC(C)C(CNC(=O)OCC1c2ccccc2-c2ccccc21)C(=O)N1CCCC(C(=O)O)C1. The molecule has 0 aromatic heterocycles. The Bertz CT molecular complexity index is 1020. The molecular weight excluding hydrogens is 432 g/mol. The largest absolute Gasteiger partial charge is 0.481 e. The Kier molecular flexibility index (Phi) is 7.20. The first-order chi connectivity index (χ1) is 16.4. The van der Waals surface area contributed by atoms with Crippen molar-refractivity contribution >= 4 is 18.0 Å². The van der Waals surface area contributed by atoms with Crippen LogP contribution in [0.3, 0.4) is 0 Å². The van der Waals surface area contributed by atoms with E-state index in [4.69, 9.17) is 4.74 Å². The molecule has 180 valence electrons. The molecule has 2 unspecified atom stereocenters. The van der Waals surface area contributed by atoms with E-state index in [9.17, 15) is 19.5 Å². The van der Waals surface area contributed by atoms with Crippen molar-refractivity contribution in [1.82, 2.24) is 10.2 Å². The molecule has 7 heteroatoms. The summed E-state index contributed by atoms with van der Waals surface area (Å²) in [5.41, 5.74) is 4.62. The van der Waals surface area contributed by atoms with Crippen molar-refractivity contribution in [3.05, 3.63) is 59.7 Å². The second-order valence-electron chi connectivity index (χ2n) is 9.52. The summed E-state index contributed by atoms with van der Waals surface area (Å²) in [5.74, 6) is -1.97. The van der Waals surface area contributed by atoms with Gasteiger partial charge in [-0.3, -0.25) is 9.59 Å². The van der Waals surface area contributed by atoms with Gasteiger partial charge < -0.3 is 20.1 Å². The fourth-order valence-electron chi connectivity index (χ4n) is 5.06. The van der Waals surface area contributed by atoms with Gasteiger partial charge in [0.05, 0.1) is 11.8 Å². The number of carboxylic acid groups (broad SMARTS) is 1. The summed E-state index contributed by atoms with van der Waals surface area (Å²) in [6.45, 7) is 5.01. The Morgan fingerprint density at radius 2 is 1.68 bits per heavy atom. The van der Waals surface area contributed by atoms with Crippen LogP contribution in [0.2, 0.25) is 0 Å². The third-order valence-electron chi connectivity index (χ3n) is 7.01. The van der Waals surface area contributed by atoms with Crippen LogP contribution in [0.4, 0.5) is 4.79 Å². The molecular formula is C27H32N2O5. The molecule has 1 heterocycles. The molecule has 1 fully saturated rings. The number of carbonyl (C=O) groups excluding carboxylic acids is 2. The molecule has 2 atom stereocenters. The van der Waals surface area contributed by atoms with Crippen molar-refractivity contribution in [2.75, 3.05) is 26.2 Å². The molecule has 1 aliphatic carbocycles. The molecule has 0 radical (unpaired) electrons. The van der Waals surface area contributed by atoms with Crippen molar-refractivity contribution in [3.8, 4) is 11.1 Å². The number of carboxylic acids is 1. The van der Waals surface area contributed by atoms with Gasteiger partial charge in [-0.05, 0) is 41.0 Å². The first-order valence-corrected chi connectivity index (χ1v) is 12.0. The number of hydrogen-bond donors (Lipinski definition) is 2. The predicted octanol–water partition coefficient (Wildman–Crippen LogP) is 4.12. The number of piperidine rings is 1. The fourth-order valence-corrected chi connectivity index (χ4v) is 5.06. The lowest BCUT2D eigenvalue weighted by Crippen LogP contribution is -2.48. The highest BCUT2D eigenvalue weighted by Gasteiger charge is 2.34. The van der Waals surface area contributed by atoms with Gasteiger partial charge in [0.2, 0.25) is 5.91 Å². The maximum absolute atomic E-state index is 13.1. The number of hydrogen-bond acceptors (Lipinski definition) is 4. The van der Waals surface area contributed by atoms with E-state index in [1.54, 1.807) is 4.90 Å². The summed E-state index contributed by atoms with van der Waals surface area (Å²) >= 11 is 0. The highest BCUT2D eigenvalue weighted by molar-refractivity contribution is 5.81. The Labute approximate surface area is 200 Å². The number of fused-ring (bicyclic) bond motifs is 3. The average molecular weight is 465 g/mol. The second-order valence-corrected chi connectivity index (χ2v) is 9.52. The van der Waals surface area contributed by atoms with Gasteiger partial charge in [-0.2, -0.15) is 0 Å². The van der Waals surface area contributed by atoms with Crippen LogP contribution in [0.15, 0.2) is 48.5 Å². The number of nitrogens with zero attached hydrogens (tertiary/aromatic N) is 1. The second kappa shape index (κ2) is 10.3. The van der Waals surface area contributed by atoms with Crippen LogP contribution in [-0.4, -0.2) is 54.2 Å². The molecule has 1 saturated heterocycles. The maximum Gasteiger partial charge on any atom is 0.407 e. The smallest absolute Gasteiger partial charge is 0.407 e. The lowest BCUT2D eigenvalue weighted by Gasteiger charge is -2.34. The van der Waals surface area contributed by atoms with E-state index in [1.807, 2.05) is 38.1 Å². The van der Waals surface area contributed by atoms with E-state index < -0.39 is 23.9 Å². The standard InChI is InChI=1S/C27H32N2O5/c1-17(2)23(25(30)29-13-7-8-18(15-29)26(31)32)14-28-27(33)34-16-24-21-11-5-3-9-19(21)20-10-4-6-12-22(20)24/h3-6,9-12,17-18,23-24H,7-8,13-16H2,1-2H3,(H,28,33)(H,31,32). The van der Waals surface area contributed by atoms with E-state index in [0.29, 0.717) is 19.4 Å². The molecule has 2 amide bonds. The first-order valence-electron chi connectivity index (χ1n) is 12.0. The normalized spacial score (nSPS) is 18.2. The van der Waals surface area contributed by atoms with Gasteiger partial charge in [-0.1, -0.05) is 62.4 Å². The van der Waals surface area contributed by atoms with E-state index in [1.165, 1.54) is 11.1 Å². The lowest BCUT2D eigenvalue weighted by molar-refractivity contribution is -0.147. The third-order valence-corrected chi connectivity index (χ3v) is 7.01. The summed E-state index contributed by atoms with van der Waals surface area (Å²) in [7, 11) is 0. The van der Waals surface area contributed by atoms with Crippen LogP contribution in [0.5, 0.6) is 0 Å². The van der Waals surface area contributed by atoms with Gasteiger partial charge in [-0.25, -0.2) is 4.79 Å². The van der Waals surface area contributed by atoms with Gasteiger partial charge in [0, 0.05) is 25.6 Å². The molecule has 1 aliphatic heterocycles. The van der Waals surface area contributed by atoms with Crippen molar-refractivity contribution in [2.24, 2.45) is 17.8 Å². The number of nitrogens with one attached hydrogen (secondary N) is 1. The molecule has 0 saturated carbocycles. The zero-order valence-corrected chi connectivity index (χ0v) is 19.7. The van der Waals surface area contributed by atoms with E-state index >= 15 is 0 Å². The third kappa shape index (κ3) is 4.93. The highest BCUT2D eigenvalue weighted by Crippen LogP contribution is 2.44. The number of amides is 2. The average Bonchev–Trinajstić information content (AvgIpc) is 3.16. The summed E-state index contributed by atoms with van der Waals surface area (Å²) in [4.78, 5) is 38.7. The van der Waals surface area contributed by atoms with Gasteiger partial charge in [0.1, 0.15) is 6.61 Å². The quantitative estimate of drug-likeness (QED) is 0.643. The number of carbonyl (C=O) groups is 3. The Morgan fingerprint density at radius 1 is 1.06 bits per heavy atom. The molecule has 0 bridgehead atoms. The van der Waals surface area contributed by atoms with Crippen LogP contribution in [0, 0.1) is 17.8 Å². The summed E-state index contributed by atoms with van der Waals surface area (Å²) in [6, 6.07) is 16.3. The Morgan fingerprint density at radius 3 is 2.26 bits per heavy atom. The fraction of sp³-hybridized carbons (Fsp3) is 0.444. The number of likely N-dealkylation sites (tertiary alicyclic amines) is 1. The topological polar surface area (TPSA) is 95.9 Å². The zero-order chi connectivity index (χ0) is 24.2. The van der Waals surface area contributed by atoms with E-state index in [-0.39, 0.29) is 37.4 Å². The lowest BCUT2D eigenvalue weighted by atomic mass is 9.91. The summed E-state index contributed by atoms with van der Waals surface area (Å²) in [6.07, 6.45) is 0.707. The Hall–Kier alpha value is -3.35. The molecule has 2 aromatic rings. The Balaban J connectivity index is 1.35. The molecule has 2 aliphatic rings. The van der Waals surface area contributed by atoms with Crippen molar-refractivity contribution in [1.29, 1.82) is 0 Å². The first kappa shape index (κ1) is 23.8. The molecule has 34 heavy (non-hydrogen) atoms. The molecule has 7 nitrogen and oxygen atoms in total. The predicted molar refractivity (Wildman–Crippen MR) is 128 cm³/mol. The van der Waals surface area contributed by atoms with Crippen molar-refractivity contribution < 1.29 is 24.2 Å². The van der Waals surface area contributed by atoms with Crippen LogP contribution < -0.4 is 5.32 Å². The van der Waals surface area contributed by atoms with E-state index in [0.717, 1.165) is 11.1 Å². The summed E-state index contributed by atoms with van der Waals surface area (Å²) in [5, 5.41) is 12.1. The highest BCUT2D eigenvalue weighted by atomic mass is 16.5. The minimum absolute atomic E-state index is 0.00779. The van der Waals surface area contributed by atoms with Gasteiger partial charge >= 0.3 is 12.1 Å². The van der Waals surface area contributed by atoms with Crippen LogP contribution in [-0.2, 0) is 14.3 Å². The minimum atomic E-state index is -0.865. The van der Waals surface area contributed by atoms with Crippen molar-refractivity contribution in [2.45, 2.75) is 32.6 Å². The number of benzene rings is 2. The number of aliphatic carboxylic acids is 1. The molecule has 0 spiro atoms. The van der Waals surface area contributed by atoms with Gasteiger partial charge in [0.15, 0.2) is 0 Å². The molecule has 2 N–H and O–H groups in total.